The zero-order chi connectivity index (χ0) is 14.3. The van der Waals surface area contributed by atoms with E-state index in [1.807, 2.05) is 0 Å². The monoisotopic (exact) mass is 296 g/mol. The van der Waals surface area contributed by atoms with E-state index in [0.29, 0.717) is 17.0 Å². The molecule has 19 heavy (non-hydrogen) atoms. The molecule has 0 saturated carbocycles. The molecular weight excluding hydrogens is 290 g/mol. The molecule has 0 bridgehead atoms. The fourth-order valence-corrected chi connectivity index (χ4v) is 2.35. The Kier molecular flexibility index (Phi) is 3.34. The van der Waals surface area contributed by atoms with Gasteiger partial charge in [0.2, 0.25) is 0 Å². The van der Waals surface area contributed by atoms with E-state index in [0.717, 1.165) is 17.4 Å². The Morgan fingerprint density at radius 1 is 0.789 bits per heavy atom. The van der Waals surface area contributed by atoms with Crippen LogP contribution in [0.1, 0.15) is 11.1 Å². The van der Waals surface area contributed by atoms with E-state index in [1.54, 1.807) is 17.5 Å². The van der Waals surface area contributed by atoms with Crippen molar-refractivity contribution in [1.29, 1.82) is 0 Å². The fraction of sp³-hybridized carbons (Fsp3) is 0.167. The molecular formula is C12H6F6S. The van der Waals surface area contributed by atoms with Crippen LogP contribution in [-0.4, -0.2) is 0 Å². The Morgan fingerprint density at radius 2 is 1.42 bits per heavy atom. The molecule has 102 valence electrons. The summed E-state index contributed by atoms with van der Waals surface area (Å²) in [4.78, 5) is 0.485. The summed E-state index contributed by atoms with van der Waals surface area (Å²) in [6, 6.07) is 5.22. The van der Waals surface area contributed by atoms with Gasteiger partial charge in [0, 0.05) is 4.88 Å². The summed E-state index contributed by atoms with van der Waals surface area (Å²) < 4.78 is 75.8. The highest BCUT2D eigenvalue weighted by molar-refractivity contribution is 7.13. The summed E-state index contributed by atoms with van der Waals surface area (Å²) in [5.74, 6) is 0. The van der Waals surface area contributed by atoms with Gasteiger partial charge in [0.25, 0.3) is 0 Å². The highest BCUT2D eigenvalue weighted by Crippen LogP contribution is 2.42. The van der Waals surface area contributed by atoms with Crippen molar-refractivity contribution in [3.8, 4) is 10.4 Å². The topological polar surface area (TPSA) is 0 Å². The molecule has 1 aromatic heterocycles. The average Bonchev–Trinajstić information content (AvgIpc) is 2.79. The highest BCUT2D eigenvalue weighted by Gasteiger charge is 2.43. The first kappa shape index (κ1) is 13.9. The average molecular weight is 296 g/mol. The highest BCUT2D eigenvalue weighted by atomic mass is 32.1. The van der Waals surface area contributed by atoms with Crippen LogP contribution in [0.2, 0.25) is 0 Å². The lowest BCUT2D eigenvalue weighted by atomic mass is 10.0. The van der Waals surface area contributed by atoms with Crippen molar-refractivity contribution < 1.29 is 26.3 Å². The number of rotatable bonds is 1. The third kappa shape index (κ3) is 2.91. The van der Waals surface area contributed by atoms with Crippen LogP contribution in [0.15, 0.2) is 35.7 Å². The van der Waals surface area contributed by atoms with Crippen molar-refractivity contribution in [2.75, 3.05) is 0 Å². The van der Waals surface area contributed by atoms with Gasteiger partial charge >= 0.3 is 12.4 Å². The largest absolute Gasteiger partial charge is 0.417 e. The standard InChI is InChI=1S/C12H6F6S/c13-11(14,15)8-4-3-7(10-2-1-5-19-10)6-9(8)12(16,17)18/h1-6H. The maximum Gasteiger partial charge on any atom is 0.417 e. The number of halogens is 6. The summed E-state index contributed by atoms with van der Waals surface area (Å²) in [6.45, 7) is 0. The van der Waals surface area contributed by atoms with E-state index >= 15 is 0 Å². The Hall–Kier alpha value is -1.50. The van der Waals surface area contributed by atoms with E-state index in [1.165, 1.54) is 0 Å². The van der Waals surface area contributed by atoms with Crippen molar-refractivity contribution in [1.82, 2.24) is 0 Å². The lowest BCUT2D eigenvalue weighted by Crippen LogP contribution is -2.16. The maximum absolute atomic E-state index is 12.7. The van der Waals surface area contributed by atoms with Gasteiger partial charge in [-0.1, -0.05) is 12.1 Å². The van der Waals surface area contributed by atoms with Crippen molar-refractivity contribution in [2.24, 2.45) is 0 Å². The van der Waals surface area contributed by atoms with Crippen molar-refractivity contribution in [3.63, 3.8) is 0 Å². The fourth-order valence-electron chi connectivity index (χ4n) is 1.62. The molecule has 0 nitrogen and oxygen atoms in total. The zero-order valence-electron chi connectivity index (χ0n) is 9.14. The molecule has 0 radical (unpaired) electrons. The predicted molar refractivity (Wildman–Crippen MR) is 59.8 cm³/mol. The molecule has 2 aromatic rings. The van der Waals surface area contributed by atoms with E-state index in [-0.39, 0.29) is 5.56 Å². The van der Waals surface area contributed by atoms with Gasteiger partial charge in [0.1, 0.15) is 0 Å². The normalized spacial score (nSPS) is 12.7. The number of hydrogen-bond donors (Lipinski definition) is 0. The smallest absolute Gasteiger partial charge is 0.166 e. The predicted octanol–water partition coefficient (Wildman–Crippen LogP) is 5.45. The second kappa shape index (κ2) is 4.56. The Balaban J connectivity index is 2.61. The van der Waals surface area contributed by atoms with Gasteiger partial charge in [0.05, 0.1) is 11.1 Å². The van der Waals surface area contributed by atoms with Gasteiger partial charge < -0.3 is 0 Å². The third-order valence-corrected chi connectivity index (χ3v) is 3.35. The lowest BCUT2D eigenvalue weighted by Gasteiger charge is -2.16. The summed E-state index contributed by atoms with van der Waals surface area (Å²) >= 11 is 1.16. The summed E-state index contributed by atoms with van der Waals surface area (Å²) in [5, 5.41) is 1.64. The first-order chi connectivity index (χ1) is 8.69. The van der Waals surface area contributed by atoms with Crippen molar-refractivity contribution in [3.05, 3.63) is 46.8 Å². The van der Waals surface area contributed by atoms with Crippen LogP contribution in [0.5, 0.6) is 0 Å². The number of hydrogen-bond acceptors (Lipinski definition) is 1. The Labute approximate surface area is 108 Å². The maximum atomic E-state index is 12.7. The van der Waals surface area contributed by atoms with Gasteiger partial charge in [-0.3, -0.25) is 0 Å². The minimum Gasteiger partial charge on any atom is -0.166 e. The molecule has 0 unspecified atom stereocenters. The molecule has 0 atom stereocenters. The minimum absolute atomic E-state index is 0.121. The molecule has 0 amide bonds. The van der Waals surface area contributed by atoms with Crippen LogP contribution < -0.4 is 0 Å². The van der Waals surface area contributed by atoms with Gasteiger partial charge in [-0.2, -0.15) is 26.3 Å². The summed E-state index contributed by atoms with van der Waals surface area (Å²) in [5.41, 5.74) is -3.21. The molecule has 0 spiro atoms. The van der Waals surface area contributed by atoms with Crippen LogP contribution >= 0.6 is 11.3 Å². The molecule has 0 saturated heterocycles. The molecule has 0 aliphatic rings. The number of benzene rings is 1. The quantitative estimate of drug-likeness (QED) is 0.614. The van der Waals surface area contributed by atoms with E-state index in [9.17, 15) is 26.3 Å². The van der Waals surface area contributed by atoms with Gasteiger partial charge in [0.15, 0.2) is 0 Å². The molecule has 2 rings (SSSR count). The first-order valence-corrected chi connectivity index (χ1v) is 5.90. The molecule has 0 N–H and O–H groups in total. The summed E-state index contributed by atoms with van der Waals surface area (Å²) in [6.07, 6.45) is -10.1. The Bertz CT molecular complexity index is 565. The van der Waals surface area contributed by atoms with Gasteiger partial charge in [-0.05, 0) is 29.1 Å². The van der Waals surface area contributed by atoms with E-state index in [4.69, 9.17) is 0 Å². The molecule has 0 fully saturated rings. The number of thiophene rings is 1. The van der Waals surface area contributed by atoms with E-state index < -0.39 is 23.5 Å². The second-order valence-corrected chi connectivity index (χ2v) is 4.68. The van der Waals surface area contributed by atoms with Crippen LogP contribution in [-0.2, 0) is 12.4 Å². The molecule has 0 aliphatic carbocycles. The molecule has 1 heterocycles. The molecule has 1 aromatic carbocycles. The molecule has 0 aliphatic heterocycles. The second-order valence-electron chi connectivity index (χ2n) is 3.73. The Morgan fingerprint density at radius 3 is 1.89 bits per heavy atom. The van der Waals surface area contributed by atoms with Crippen molar-refractivity contribution >= 4 is 11.3 Å². The zero-order valence-corrected chi connectivity index (χ0v) is 9.96. The van der Waals surface area contributed by atoms with Crippen molar-refractivity contribution in [2.45, 2.75) is 12.4 Å². The first-order valence-electron chi connectivity index (χ1n) is 5.02. The van der Waals surface area contributed by atoms with Crippen LogP contribution in [0.25, 0.3) is 10.4 Å². The molecule has 7 heteroatoms. The van der Waals surface area contributed by atoms with Crippen LogP contribution in [0.3, 0.4) is 0 Å². The number of alkyl halides is 6. The minimum atomic E-state index is -5.04. The van der Waals surface area contributed by atoms with E-state index in [2.05, 4.69) is 0 Å². The lowest BCUT2D eigenvalue weighted by molar-refractivity contribution is -0.162. The SMILES string of the molecule is FC(F)(F)c1ccc(-c2cccs2)cc1C(F)(F)F. The third-order valence-electron chi connectivity index (χ3n) is 2.44. The summed E-state index contributed by atoms with van der Waals surface area (Å²) in [7, 11) is 0. The van der Waals surface area contributed by atoms with Gasteiger partial charge in [-0.25, -0.2) is 0 Å². The van der Waals surface area contributed by atoms with Gasteiger partial charge in [-0.15, -0.1) is 11.3 Å². The van der Waals surface area contributed by atoms with Crippen LogP contribution in [0, 0.1) is 0 Å². The van der Waals surface area contributed by atoms with Crippen LogP contribution in [0.4, 0.5) is 26.3 Å².